The summed E-state index contributed by atoms with van der Waals surface area (Å²) >= 11 is 0. The van der Waals surface area contributed by atoms with Crippen LogP contribution in [0.25, 0.3) is 0 Å². The third-order valence-corrected chi connectivity index (χ3v) is 5.99. The quantitative estimate of drug-likeness (QED) is 0.779. The molecule has 1 N–H and O–H groups in total. The Morgan fingerprint density at radius 2 is 1.90 bits per heavy atom. The summed E-state index contributed by atoms with van der Waals surface area (Å²) in [6, 6.07) is 2.39. The van der Waals surface area contributed by atoms with Gasteiger partial charge in [-0.1, -0.05) is 40.5 Å². The number of hydrogen-bond acceptors (Lipinski definition) is 2. The van der Waals surface area contributed by atoms with Gasteiger partial charge in [0, 0.05) is 18.1 Å². The molecule has 0 radical (unpaired) electrons. The van der Waals surface area contributed by atoms with Crippen molar-refractivity contribution in [3.63, 3.8) is 0 Å². The van der Waals surface area contributed by atoms with E-state index in [2.05, 4.69) is 37.9 Å². The van der Waals surface area contributed by atoms with E-state index in [4.69, 9.17) is 0 Å². The van der Waals surface area contributed by atoms with Gasteiger partial charge in [-0.15, -0.1) is 0 Å². The summed E-state index contributed by atoms with van der Waals surface area (Å²) in [7, 11) is 0. The molecule has 2 rings (SSSR count). The topological polar surface area (TPSA) is 15.3 Å². The van der Waals surface area contributed by atoms with E-state index in [0.717, 1.165) is 36.5 Å². The molecule has 124 valence electrons. The van der Waals surface area contributed by atoms with E-state index >= 15 is 0 Å². The molecule has 0 amide bonds. The van der Waals surface area contributed by atoms with E-state index in [1.165, 1.54) is 57.9 Å². The molecule has 0 aromatic heterocycles. The summed E-state index contributed by atoms with van der Waals surface area (Å²) in [5, 5.41) is 3.81. The van der Waals surface area contributed by atoms with Gasteiger partial charge in [0.2, 0.25) is 0 Å². The highest BCUT2D eigenvalue weighted by atomic mass is 15.2. The first-order valence-electron chi connectivity index (χ1n) is 9.66. The molecule has 2 fully saturated rings. The van der Waals surface area contributed by atoms with Crippen LogP contribution in [-0.2, 0) is 0 Å². The highest BCUT2D eigenvalue weighted by molar-refractivity contribution is 4.95. The molecule has 2 nitrogen and oxygen atoms in total. The molecule has 0 aromatic carbocycles. The molecule has 1 aliphatic heterocycles. The summed E-state index contributed by atoms with van der Waals surface area (Å²) in [6.07, 6.45) is 11.3. The lowest BCUT2D eigenvalue weighted by atomic mass is 9.75. The predicted molar refractivity (Wildman–Crippen MR) is 92.7 cm³/mol. The van der Waals surface area contributed by atoms with Gasteiger partial charge in [0.05, 0.1) is 0 Å². The minimum absolute atomic E-state index is 0.738. The zero-order valence-corrected chi connectivity index (χ0v) is 14.9. The van der Waals surface area contributed by atoms with Gasteiger partial charge in [-0.2, -0.15) is 0 Å². The number of piperidine rings is 1. The van der Waals surface area contributed by atoms with E-state index in [1.54, 1.807) is 0 Å². The van der Waals surface area contributed by atoms with Gasteiger partial charge in [-0.05, 0) is 63.5 Å². The van der Waals surface area contributed by atoms with E-state index in [0.29, 0.717) is 0 Å². The fraction of sp³-hybridized carbons (Fsp3) is 1.00. The van der Waals surface area contributed by atoms with Gasteiger partial charge >= 0.3 is 0 Å². The van der Waals surface area contributed by atoms with Gasteiger partial charge < -0.3 is 5.32 Å². The Morgan fingerprint density at radius 3 is 2.57 bits per heavy atom. The van der Waals surface area contributed by atoms with Crippen LogP contribution in [0.4, 0.5) is 0 Å². The van der Waals surface area contributed by atoms with Gasteiger partial charge in [0.25, 0.3) is 0 Å². The molecule has 1 saturated carbocycles. The Kier molecular flexibility index (Phi) is 7.01. The molecular formula is C19H38N2. The van der Waals surface area contributed by atoms with E-state index < -0.39 is 0 Å². The zero-order chi connectivity index (χ0) is 15.2. The van der Waals surface area contributed by atoms with E-state index in [1.807, 2.05) is 0 Å². The molecule has 0 bridgehead atoms. The highest BCUT2D eigenvalue weighted by Gasteiger charge is 2.38. The van der Waals surface area contributed by atoms with E-state index in [-0.39, 0.29) is 0 Å². The Labute approximate surface area is 133 Å². The summed E-state index contributed by atoms with van der Waals surface area (Å²) in [5.74, 6) is 1.79. The average molecular weight is 295 g/mol. The van der Waals surface area contributed by atoms with Crippen molar-refractivity contribution in [3.05, 3.63) is 0 Å². The molecule has 4 unspecified atom stereocenters. The smallest absolute Gasteiger partial charge is 0.0255 e. The number of likely N-dealkylation sites (N-methyl/N-ethyl adjacent to an activating group) is 1. The lowest BCUT2D eigenvalue weighted by Crippen LogP contribution is -2.57. The fourth-order valence-corrected chi connectivity index (χ4v) is 4.75. The minimum atomic E-state index is 0.738. The third kappa shape index (κ3) is 4.45. The number of nitrogens with one attached hydrogen (secondary N) is 1. The van der Waals surface area contributed by atoms with Gasteiger partial charge in [-0.25, -0.2) is 0 Å². The first-order chi connectivity index (χ1) is 10.2. The van der Waals surface area contributed by atoms with Crippen molar-refractivity contribution in [2.75, 3.05) is 13.1 Å². The van der Waals surface area contributed by atoms with Crippen LogP contribution in [0.5, 0.6) is 0 Å². The van der Waals surface area contributed by atoms with Crippen LogP contribution in [0.1, 0.15) is 79.1 Å². The van der Waals surface area contributed by atoms with Crippen LogP contribution in [0.15, 0.2) is 0 Å². The van der Waals surface area contributed by atoms with Crippen molar-refractivity contribution in [1.82, 2.24) is 10.2 Å². The summed E-state index contributed by atoms with van der Waals surface area (Å²) in [6.45, 7) is 11.9. The van der Waals surface area contributed by atoms with Crippen LogP contribution in [-0.4, -0.2) is 36.1 Å². The monoisotopic (exact) mass is 294 g/mol. The van der Waals surface area contributed by atoms with E-state index in [9.17, 15) is 0 Å². The van der Waals surface area contributed by atoms with Gasteiger partial charge in [0.1, 0.15) is 0 Å². The molecular weight excluding hydrogens is 256 g/mol. The molecule has 1 aliphatic carbocycles. The Morgan fingerprint density at radius 1 is 1.10 bits per heavy atom. The standard InChI is InChI=1S/C19H38N2/c1-5-9-17-10-7-8-13-21(17)19-14-16(15(3)4)11-12-18(19)20-6-2/h15-20H,5-14H2,1-4H3. The Hall–Kier alpha value is -0.0800. The number of hydrogen-bond donors (Lipinski definition) is 1. The predicted octanol–water partition coefficient (Wildman–Crippen LogP) is 4.44. The Balaban J connectivity index is 2.08. The molecule has 2 aliphatic rings. The second kappa shape index (κ2) is 8.53. The van der Waals surface area contributed by atoms with Crippen molar-refractivity contribution >= 4 is 0 Å². The molecule has 21 heavy (non-hydrogen) atoms. The first-order valence-corrected chi connectivity index (χ1v) is 9.66. The van der Waals surface area contributed by atoms with Crippen LogP contribution in [0, 0.1) is 11.8 Å². The zero-order valence-electron chi connectivity index (χ0n) is 14.9. The molecule has 1 saturated heterocycles. The molecule has 4 atom stereocenters. The lowest BCUT2D eigenvalue weighted by molar-refractivity contribution is 0.0265. The molecule has 1 heterocycles. The normalized spacial score (nSPS) is 35.3. The fourth-order valence-electron chi connectivity index (χ4n) is 4.75. The van der Waals surface area contributed by atoms with Crippen LogP contribution in [0.3, 0.4) is 0 Å². The summed E-state index contributed by atoms with van der Waals surface area (Å²) in [5.41, 5.74) is 0. The van der Waals surface area contributed by atoms with Crippen LogP contribution in [0.2, 0.25) is 0 Å². The molecule has 0 aromatic rings. The number of nitrogens with zero attached hydrogens (tertiary/aromatic N) is 1. The van der Waals surface area contributed by atoms with Crippen molar-refractivity contribution in [2.45, 2.75) is 97.2 Å². The largest absolute Gasteiger partial charge is 0.313 e. The Bertz CT molecular complexity index is 287. The maximum absolute atomic E-state index is 3.81. The number of likely N-dealkylation sites (tertiary alicyclic amines) is 1. The first kappa shape index (κ1) is 17.3. The average Bonchev–Trinajstić information content (AvgIpc) is 2.49. The maximum Gasteiger partial charge on any atom is 0.0255 e. The summed E-state index contributed by atoms with van der Waals surface area (Å²) in [4.78, 5) is 2.93. The maximum atomic E-state index is 3.81. The van der Waals surface area contributed by atoms with Crippen LogP contribution < -0.4 is 5.32 Å². The van der Waals surface area contributed by atoms with Crippen molar-refractivity contribution in [3.8, 4) is 0 Å². The lowest BCUT2D eigenvalue weighted by Gasteiger charge is -2.49. The summed E-state index contributed by atoms with van der Waals surface area (Å²) < 4.78 is 0. The third-order valence-electron chi connectivity index (χ3n) is 5.99. The van der Waals surface area contributed by atoms with Crippen molar-refractivity contribution < 1.29 is 0 Å². The van der Waals surface area contributed by atoms with Crippen molar-refractivity contribution in [1.29, 1.82) is 0 Å². The van der Waals surface area contributed by atoms with Crippen LogP contribution >= 0.6 is 0 Å². The second-order valence-corrected chi connectivity index (χ2v) is 7.72. The SMILES string of the molecule is CCCC1CCCCN1C1CC(C(C)C)CCC1NCC. The van der Waals surface area contributed by atoms with Gasteiger partial charge in [0.15, 0.2) is 0 Å². The minimum Gasteiger partial charge on any atom is -0.313 e. The molecule has 2 heteroatoms. The van der Waals surface area contributed by atoms with Crippen molar-refractivity contribution in [2.24, 2.45) is 11.8 Å². The molecule has 0 spiro atoms. The number of rotatable bonds is 6. The van der Waals surface area contributed by atoms with Gasteiger partial charge in [-0.3, -0.25) is 4.90 Å². The highest BCUT2D eigenvalue weighted by Crippen LogP contribution is 2.36. The second-order valence-electron chi connectivity index (χ2n) is 7.72.